The molecule has 0 amide bonds. The zero-order chi connectivity index (χ0) is 27.0. The number of ether oxygens (including phenoxy) is 1. The lowest BCUT2D eigenvalue weighted by atomic mass is 9.65. The van der Waals surface area contributed by atoms with Crippen LogP contribution >= 0.6 is 23.2 Å². The van der Waals surface area contributed by atoms with Gasteiger partial charge in [0.25, 0.3) is 0 Å². The molecule has 0 saturated heterocycles. The number of hydrogen-bond acceptors (Lipinski definition) is 3. The molecule has 38 heavy (non-hydrogen) atoms. The Morgan fingerprint density at radius 3 is 2.08 bits per heavy atom. The summed E-state index contributed by atoms with van der Waals surface area (Å²) in [5.74, 6) is 1.18. The molecule has 3 aliphatic rings. The van der Waals surface area contributed by atoms with Crippen molar-refractivity contribution in [2.75, 3.05) is 0 Å². The van der Waals surface area contributed by atoms with Crippen molar-refractivity contribution in [3.05, 3.63) is 92.5 Å². The molecule has 2 aliphatic carbocycles. The lowest BCUT2D eigenvalue weighted by Gasteiger charge is -2.42. The predicted octanol–water partition coefficient (Wildman–Crippen LogP) is 8.40. The number of benzene rings is 2. The number of aromatic nitrogens is 1. The van der Waals surface area contributed by atoms with E-state index in [1.165, 1.54) is 0 Å². The minimum Gasteiger partial charge on any atom is -0.465 e. The quantitative estimate of drug-likeness (QED) is 0.330. The lowest BCUT2D eigenvalue weighted by molar-refractivity contribution is -0.120. The SMILES string of the molecule is CC1(C)CC(=O)C2=C(C1)OC1=C(C(=O)CC(C)(C)C1)C2c1cn(Cc2ccc(Cl)cc2Cl)c2ccccc12. The highest BCUT2D eigenvalue weighted by Crippen LogP contribution is 2.54. The van der Waals surface area contributed by atoms with Gasteiger partial charge in [-0.1, -0.05) is 75.2 Å². The molecule has 2 heterocycles. The van der Waals surface area contributed by atoms with E-state index in [1.54, 1.807) is 6.07 Å². The molecule has 0 unspecified atom stereocenters. The Bertz CT molecular complexity index is 1540. The molecule has 0 fully saturated rings. The van der Waals surface area contributed by atoms with Gasteiger partial charge in [0.1, 0.15) is 11.5 Å². The van der Waals surface area contributed by atoms with E-state index in [1.807, 2.05) is 24.3 Å². The first-order valence-electron chi connectivity index (χ1n) is 13.1. The second-order valence-electron chi connectivity index (χ2n) is 12.6. The molecule has 6 rings (SSSR count). The minimum absolute atomic E-state index is 0.0722. The lowest BCUT2D eigenvalue weighted by Crippen LogP contribution is -2.37. The van der Waals surface area contributed by atoms with Gasteiger partial charge in [-0.05, 0) is 40.2 Å². The molecule has 0 bridgehead atoms. The summed E-state index contributed by atoms with van der Waals surface area (Å²) in [5, 5.41) is 2.22. The molecule has 1 aromatic heterocycles. The van der Waals surface area contributed by atoms with Crippen LogP contribution in [-0.4, -0.2) is 16.1 Å². The molecule has 0 saturated carbocycles. The summed E-state index contributed by atoms with van der Waals surface area (Å²) in [6, 6.07) is 13.7. The Morgan fingerprint density at radius 1 is 0.868 bits per heavy atom. The minimum atomic E-state index is -0.437. The Kier molecular flexibility index (Phi) is 5.93. The molecule has 4 nitrogen and oxygen atoms in total. The summed E-state index contributed by atoms with van der Waals surface area (Å²) in [7, 11) is 0. The van der Waals surface area contributed by atoms with Crippen LogP contribution in [0.25, 0.3) is 10.9 Å². The van der Waals surface area contributed by atoms with Crippen molar-refractivity contribution >= 4 is 45.7 Å². The maximum absolute atomic E-state index is 13.7. The Morgan fingerprint density at radius 2 is 1.47 bits per heavy atom. The van der Waals surface area contributed by atoms with E-state index >= 15 is 0 Å². The predicted molar refractivity (Wildman–Crippen MR) is 151 cm³/mol. The van der Waals surface area contributed by atoms with Gasteiger partial charge >= 0.3 is 0 Å². The summed E-state index contributed by atoms with van der Waals surface area (Å²) < 4.78 is 8.64. The Hall–Kier alpha value is -2.82. The van der Waals surface area contributed by atoms with Crippen LogP contribution in [0.3, 0.4) is 0 Å². The van der Waals surface area contributed by atoms with Gasteiger partial charge in [-0.25, -0.2) is 0 Å². The maximum Gasteiger partial charge on any atom is 0.163 e. The highest BCUT2D eigenvalue weighted by Gasteiger charge is 2.48. The third-order valence-electron chi connectivity index (χ3n) is 8.07. The summed E-state index contributed by atoms with van der Waals surface area (Å²) >= 11 is 12.7. The van der Waals surface area contributed by atoms with Crippen LogP contribution < -0.4 is 0 Å². The topological polar surface area (TPSA) is 48.3 Å². The van der Waals surface area contributed by atoms with Crippen LogP contribution in [0.1, 0.15) is 70.4 Å². The molecular weight excluding hydrogens is 517 g/mol. The number of rotatable bonds is 3. The van der Waals surface area contributed by atoms with E-state index in [-0.39, 0.29) is 22.4 Å². The van der Waals surface area contributed by atoms with Gasteiger partial charge in [-0.2, -0.15) is 0 Å². The number of para-hydroxylation sites is 1. The van der Waals surface area contributed by atoms with Crippen LogP contribution in [0.4, 0.5) is 0 Å². The molecular formula is C32H31Cl2NO3. The number of fused-ring (bicyclic) bond motifs is 1. The van der Waals surface area contributed by atoms with Crippen molar-refractivity contribution in [1.82, 2.24) is 4.57 Å². The van der Waals surface area contributed by atoms with E-state index in [2.05, 4.69) is 50.6 Å². The van der Waals surface area contributed by atoms with Gasteiger partial charge in [-0.15, -0.1) is 0 Å². The number of halogens is 2. The first-order valence-corrected chi connectivity index (χ1v) is 13.9. The van der Waals surface area contributed by atoms with E-state index in [0.717, 1.165) is 33.5 Å². The Balaban J connectivity index is 1.56. The van der Waals surface area contributed by atoms with Crippen LogP contribution in [0.15, 0.2) is 71.3 Å². The largest absolute Gasteiger partial charge is 0.465 e. The van der Waals surface area contributed by atoms with Crippen LogP contribution in [0.2, 0.25) is 10.0 Å². The van der Waals surface area contributed by atoms with Gasteiger partial charge in [0.05, 0.1) is 0 Å². The molecule has 6 heteroatoms. The third kappa shape index (κ3) is 4.32. The molecule has 0 spiro atoms. The van der Waals surface area contributed by atoms with Gasteiger partial charge in [0, 0.05) is 76.4 Å². The summed E-state index contributed by atoms with van der Waals surface area (Å²) in [6.07, 6.45) is 4.32. The average molecular weight is 549 g/mol. The summed E-state index contributed by atoms with van der Waals surface area (Å²) in [6.45, 7) is 8.96. The van der Waals surface area contributed by atoms with E-state index in [9.17, 15) is 9.59 Å². The second kappa shape index (κ2) is 8.86. The highest BCUT2D eigenvalue weighted by atomic mass is 35.5. The number of carbonyl (C=O) groups is 2. The summed E-state index contributed by atoms with van der Waals surface area (Å²) in [5.41, 5.74) is 3.87. The summed E-state index contributed by atoms with van der Waals surface area (Å²) in [4.78, 5) is 27.5. The van der Waals surface area contributed by atoms with Crippen molar-refractivity contribution in [3.8, 4) is 0 Å². The molecule has 0 atom stereocenters. The molecule has 2 aromatic carbocycles. The number of allylic oxidation sites excluding steroid dienone is 4. The zero-order valence-electron chi connectivity index (χ0n) is 22.2. The molecule has 3 aromatic rings. The number of carbonyl (C=O) groups excluding carboxylic acids is 2. The monoisotopic (exact) mass is 547 g/mol. The third-order valence-corrected chi connectivity index (χ3v) is 8.65. The fraction of sp³-hybridized carbons (Fsp3) is 0.375. The molecule has 0 radical (unpaired) electrons. The first-order chi connectivity index (χ1) is 17.9. The smallest absolute Gasteiger partial charge is 0.163 e. The van der Waals surface area contributed by atoms with Crippen molar-refractivity contribution in [2.45, 2.75) is 65.8 Å². The van der Waals surface area contributed by atoms with Crippen molar-refractivity contribution in [3.63, 3.8) is 0 Å². The normalized spacial score (nSPS) is 21.0. The van der Waals surface area contributed by atoms with Crippen molar-refractivity contribution < 1.29 is 14.3 Å². The van der Waals surface area contributed by atoms with E-state index < -0.39 is 5.92 Å². The van der Waals surface area contributed by atoms with E-state index in [0.29, 0.717) is 53.4 Å². The average Bonchev–Trinajstić information content (AvgIpc) is 3.16. The number of Topliss-reactive ketones (excluding diaryl/α,β-unsaturated/α-hetero) is 2. The van der Waals surface area contributed by atoms with Crippen molar-refractivity contribution in [2.24, 2.45) is 10.8 Å². The van der Waals surface area contributed by atoms with Gasteiger partial charge in [0.2, 0.25) is 0 Å². The molecule has 1 aliphatic heterocycles. The number of ketones is 2. The van der Waals surface area contributed by atoms with Crippen molar-refractivity contribution in [1.29, 1.82) is 0 Å². The fourth-order valence-corrected chi connectivity index (χ4v) is 6.92. The van der Waals surface area contributed by atoms with Crippen LogP contribution in [0.5, 0.6) is 0 Å². The second-order valence-corrected chi connectivity index (χ2v) is 13.4. The van der Waals surface area contributed by atoms with E-state index in [4.69, 9.17) is 27.9 Å². The standard InChI is InChI=1S/C32H31Cl2NO3/c1-31(2)12-24(36)29-26(14-31)38-27-15-32(3,4)13-25(37)30(27)28(29)21-17-35(23-8-6-5-7-20(21)23)16-18-9-10-19(33)11-22(18)34/h5-11,17,28H,12-16H2,1-4H3. The fourth-order valence-electron chi connectivity index (χ4n) is 6.46. The maximum atomic E-state index is 13.7. The highest BCUT2D eigenvalue weighted by molar-refractivity contribution is 6.35. The van der Waals surface area contributed by atoms with Gasteiger partial charge in [0.15, 0.2) is 11.6 Å². The molecule has 0 N–H and O–H groups in total. The zero-order valence-corrected chi connectivity index (χ0v) is 23.7. The number of hydrogen-bond donors (Lipinski definition) is 0. The number of nitrogens with zero attached hydrogens (tertiary/aromatic N) is 1. The van der Waals surface area contributed by atoms with Crippen LogP contribution in [-0.2, 0) is 20.9 Å². The molecule has 196 valence electrons. The van der Waals surface area contributed by atoms with Crippen LogP contribution in [0, 0.1) is 10.8 Å². The Labute approximate surface area is 233 Å². The van der Waals surface area contributed by atoms with Gasteiger partial charge < -0.3 is 9.30 Å². The first kappa shape index (κ1) is 25.5. The van der Waals surface area contributed by atoms with Gasteiger partial charge in [-0.3, -0.25) is 9.59 Å².